The highest BCUT2D eigenvalue weighted by Crippen LogP contribution is 2.26. The summed E-state index contributed by atoms with van der Waals surface area (Å²) in [5, 5.41) is 10.3. The molecule has 0 unspecified atom stereocenters. The summed E-state index contributed by atoms with van der Waals surface area (Å²) in [7, 11) is 1.66. The van der Waals surface area contributed by atoms with Crippen molar-refractivity contribution < 1.29 is 22.8 Å². The predicted molar refractivity (Wildman–Crippen MR) is 111 cm³/mol. The zero-order chi connectivity index (χ0) is 22.8. The fourth-order valence-corrected chi connectivity index (χ4v) is 3.14. The Morgan fingerprint density at radius 2 is 1.94 bits per heavy atom. The Morgan fingerprint density at radius 3 is 2.59 bits per heavy atom. The van der Waals surface area contributed by atoms with Crippen LogP contribution in [0, 0.1) is 25.5 Å². The van der Waals surface area contributed by atoms with Crippen molar-refractivity contribution in [3.05, 3.63) is 76.9 Å². The van der Waals surface area contributed by atoms with E-state index in [1.165, 1.54) is 16.8 Å². The van der Waals surface area contributed by atoms with Gasteiger partial charge in [0.1, 0.15) is 35.4 Å². The molecule has 0 atom stereocenters. The van der Waals surface area contributed by atoms with E-state index in [0.29, 0.717) is 23.0 Å². The lowest BCUT2D eigenvalue weighted by molar-refractivity contribution is 0.102. The molecular formula is C22H19F2N5O3. The number of halogens is 2. The van der Waals surface area contributed by atoms with Crippen molar-refractivity contribution in [1.29, 1.82) is 0 Å². The lowest BCUT2D eigenvalue weighted by Gasteiger charge is -2.08. The largest absolute Gasteiger partial charge is 0.471 e. The van der Waals surface area contributed by atoms with Crippen molar-refractivity contribution in [3.8, 4) is 17.1 Å². The van der Waals surface area contributed by atoms with E-state index in [4.69, 9.17) is 9.26 Å². The number of pyridine rings is 1. The number of hydrogen-bond donors (Lipinski definition) is 1. The molecule has 0 aliphatic rings. The highest BCUT2D eigenvalue weighted by atomic mass is 19.1. The SMILES string of the molecule is Cc1cc(COc2cc(C)c(-c3cc(C(=O)Nc4c(F)cccc4F)nn3C)cn2)no1. The van der Waals surface area contributed by atoms with Crippen molar-refractivity contribution in [2.75, 3.05) is 5.32 Å². The number of nitrogens with one attached hydrogen (secondary N) is 1. The first-order chi connectivity index (χ1) is 15.3. The lowest BCUT2D eigenvalue weighted by Crippen LogP contribution is -2.15. The van der Waals surface area contributed by atoms with Crippen LogP contribution in [0.15, 0.2) is 47.1 Å². The number of carbonyl (C=O) groups is 1. The maximum Gasteiger partial charge on any atom is 0.276 e. The Hall–Kier alpha value is -4.08. The van der Waals surface area contributed by atoms with Gasteiger partial charge in [-0.1, -0.05) is 11.2 Å². The first kappa shape index (κ1) is 21.2. The Bertz CT molecular complexity index is 1280. The average molecular weight is 439 g/mol. The molecule has 8 nitrogen and oxygen atoms in total. The summed E-state index contributed by atoms with van der Waals surface area (Å²) in [6.45, 7) is 3.88. The van der Waals surface area contributed by atoms with Gasteiger partial charge in [-0.15, -0.1) is 0 Å². The van der Waals surface area contributed by atoms with E-state index >= 15 is 0 Å². The number of amides is 1. The molecule has 0 aliphatic carbocycles. The molecule has 4 aromatic rings. The van der Waals surface area contributed by atoms with Gasteiger partial charge in [0.15, 0.2) is 5.69 Å². The van der Waals surface area contributed by atoms with Crippen molar-refractivity contribution in [1.82, 2.24) is 19.9 Å². The van der Waals surface area contributed by atoms with Gasteiger partial charge in [-0.25, -0.2) is 13.8 Å². The number of rotatable bonds is 6. The lowest BCUT2D eigenvalue weighted by atomic mass is 10.1. The number of ether oxygens (including phenoxy) is 1. The molecule has 0 aliphatic heterocycles. The molecule has 0 saturated heterocycles. The van der Waals surface area contributed by atoms with Gasteiger partial charge >= 0.3 is 0 Å². The van der Waals surface area contributed by atoms with Crippen LogP contribution in [0.1, 0.15) is 27.5 Å². The van der Waals surface area contributed by atoms with E-state index < -0.39 is 23.2 Å². The van der Waals surface area contributed by atoms with Gasteiger partial charge in [0, 0.05) is 30.9 Å². The fraction of sp³-hybridized carbons (Fsp3) is 0.182. The first-order valence-electron chi connectivity index (χ1n) is 9.63. The third-order valence-electron chi connectivity index (χ3n) is 4.72. The van der Waals surface area contributed by atoms with E-state index in [1.807, 2.05) is 6.92 Å². The molecule has 1 N–H and O–H groups in total. The van der Waals surface area contributed by atoms with Gasteiger partial charge in [-0.05, 0) is 37.6 Å². The van der Waals surface area contributed by atoms with Crippen molar-refractivity contribution in [2.24, 2.45) is 7.05 Å². The molecule has 164 valence electrons. The Kier molecular flexibility index (Phi) is 5.67. The van der Waals surface area contributed by atoms with E-state index in [9.17, 15) is 13.6 Å². The monoisotopic (exact) mass is 439 g/mol. The zero-order valence-electron chi connectivity index (χ0n) is 17.5. The number of anilines is 1. The molecule has 0 spiro atoms. The molecule has 32 heavy (non-hydrogen) atoms. The normalized spacial score (nSPS) is 10.9. The summed E-state index contributed by atoms with van der Waals surface area (Å²) in [5.74, 6) is -1.37. The van der Waals surface area contributed by atoms with Crippen LogP contribution in [-0.2, 0) is 13.7 Å². The standard InChI is InChI=1S/C22H19F2N5O3/c1-12-7-20(31-11-14-8-13(2)32-28-14)25-10-15(12)19-9-18(27-29(19)3)22(30)26-21-16(23)5-4-6-17(21)24/h4-10H,11H2,1-3H3,(H,26,30). The number of nitrogens with zero attached hydrogens (tertiary/aromatic N) is 4. The minimum atomic E-state index is -0.870. The molecule has 3 heterocycles. The second kappa shape index (κ2) is 8.58. The van der Waals surface area contributed by atoms with Crippen LogP contribution in [-0.4, -0.2) is 25.8 Å². The molecule has 0 saturated carbocycles. The second-order valence-electron chi connectivity index (χ2n) is 7.14. The Labute approximate surface area is 181 Å². The fourth-order valence-electron chi connectivity index (χ4n) is 3.14. The maximum absolute atomic E-state index is 13.8. The topological polar surface area (TPSA) is 95.1 Å². The highest BCUT2D eigenvalue weighted by Gasteiger charge is 2.19. The quantitative estimate of drug-likeness (QED) is 0.484. The number of aryl methyl sites for hydroxylation is 3. The average Bonchev–Trinajstić information content (AvgIpc) is 3.35. The van der Waals surface area contributed by atoms with Crippen LogP contribution in [0.5, 0.6) is 5.88 Å². The second-order valence-corrected chi connectivity index (χ2v) is 7.14. The van der Waals surface area contributed by atoms with Gasteiger partial charge in [0.05, 0.1) is 5.69 Å². The van der Waals surface area contributed by atoms with Crippen LogP contribution in [0.4, 0.5) is 14.5 Å². The smallest absolute Gasteiger partial charge is 0.276 e. The number of benzene rings is 1. The van der Waals surface area contributed by atoms with Crippen LogP contribution in [0.2, 0.25) is 0 Å². The molecule has 10 heteroatoms. The number of aromatic nitrogens is 4. The molecule has 1 aromatic carbocycles. The number of para-hydroxylation sites is 1. The molecule has 1 amide bonds. The molecule has 0 radical (unpaired) electrons. The number of carbonyl (C=O) groups excluding carboxylic acids is 1. The van der Waals surface area contributed by atoms with Crippen molar-refractivity contribution in [3.63, 3.8) is 0 Å². The Morgan fingerprint density at radius 1 is 1.19 bits per heavy atom. The summed E-state index contributed by atoms with van der Waals surface area (Å²) in [6, 6.07) is 8.39. The summed E-state index contributed by atoms with van der Waals surface area (Å²) in [5.41, 5.74) is 2.30. The molecule has 0 bridgehead atoms. The minimum Gasteiger partial charge on any atom is -0.471 e. The van der Waals surface area contributed by atoms with Crippen LogP contribution in [0.25, 0.3) is 11.3 Å². The van der Waals surface area contributed by atoms with Crippen LogP contribution < -0.4 is 10.1 Å². The van der Waals surface area contributed by atoms with Crippen LogP contribution in [0.3, 0.4) is 0 Å². The summed E-state index contributed by atoms with van der Waals surface area (Å²) in [4.78, 5) is 16.8. The van der Waals surface area contributed by atoms with Gasteiger partial charge in [0.25, 0.3) is 5.91 Å². The molecule has 3 aromatic heterocycles. The minimum absolute atomic E-state index is 0.00582. The first-order valence-corrected chi connectivity index (χ1v) is 9.63. The third kappa shape index (κ3) is 4.34. The maximum atomic E-state index is 13.8. The predicted octanol–water partition coefficient (Wildman–Crippen LogP) is 4.20. The van der Waals surface area contributed by atoms with E-state index in [0.717, 1.165) is 23.3 Å². The van der Waals surface area contributed by atoms with Gasteiger partial charge in [-0.3, -0.25) is 9.48 Å². The highest BCUT2D eigenvalue weighted by molar-refractivity contribution is 6.03. The molecular weight excluding hydrogens is 420 g/mol. The van der Waals surface area contributed by atoms with Crippen molar-refractivity contribution >= 4 is 11.6 Å². The van der Waals surface area contributed by atoms with E-state index in [2.05, 4.69) is 20.6 Å². The summed E-state index contributed by atoms with van der Waals surface area (Å²) >= 11 is 0. The molecule has 0 fully saturated rings. The van der Waals surface area contributed by atoms with Gasteiger partial charge in [0.2, 0.25) is 5.88 Å². The summed E-state index contributed by atoms with van der Waals surface area (Å²) in [6.07, 6.45) is 1.61. The van der Waals surface area contributed by atoms with E-state index in [1.54, 1.807) is 32.3 Å². The van der Waals surface area contributed by atoms with Gasteiger partial charge in [-0.2, -0.15) is 5.10 Å². The summed E-state index contributed by atoms with van der Waals surface area (Å²) < 4.78 is 39.8. The zero-order valence-corrected chi connectivity index (χ0v) is 17.5. The van der Waals surface area contributed by atoms with E-state index in [-0.39, 0.29) is 12.3 Å². The third-order valence-corrected chi connectivity index (χ3v) is 4.72. The van der Waals surface area contributed by atoms with Gasteiger partial charge < -0.3 is 14.6 Å². The van der Waals surface area contributed by atoms with Crippen LogP contribution >= 0.6 is 0 Å². The molecule has 4 rings (SSSR count). The number of hydrogen-bond acceptors (Lipinski definition) is 6. The van der Waals surface area contributed by atoms with Crippen molar-refractivity contribution in [2.45, 2.75) is 20.5 Å². The Balaban J connectivity index is 1.52.